The number of aromatic amines is 1. The van der Waals surface area contributed by atoms with Crippen LogP contribution in [0.3, 0.4) is 0 Å². The molecule has 1 heterocycles. The number of hydrogen-bond donors (Lipinski definition) is 3. The lowest BCUT2D eigenvalue weighted by molar-refractivity contribution is 0.0924. The maximum Gasteiger partial charge on any atom is 0.271 e. The normalized spacial score (nSPS) is 10.0. The Balaban J connectivity index is 1.76. The Kier molecular flexibility index (Phi) is 5.26. The number of hydrogen-bond acceptors (Lipinski definition) is 4. The van der Waals surface area contributed by atoms with Gasteiger partial charge in [0, 0.05) is 29.7 Å². The molecule has 22 heavy (non-hydrogen) atoms. The number of benzene rings is 1. The van der Waals surface area contributed by atoms with Crippen LogP contribution in [-0.4, -0.2) is 35.1 Å². The highest BCUT2D eigenvalue weighted by Crippen LogP contribution is 2.09. The molecule has 2 amide bonds. The van der Waals surface area contributed by atoms with Crippen molar-refractivity contribution in [3.8, 4) is 0 Å². The van der Waals surface area contributed by atoms with Crippen molar-refractivity contribution in [2.45, 2.75) is 0 Å². The fourth-order valence-corrected chi connectivity index (χ4v) is 1.74. The first-order valence-corrected chi connectivity index (χ1v) is 6.82. The lowest BCUT2D eigenvalue weighted by Crippen LogP contribution is -2.35. The van der Waals surface area contributed by atoms with Crippen molar-refractivity contribution in [1.29, 1.82) is 0 Å². The molecule has 0 spiro atoms. The standard InChI is InChI=1S/C14H13ClN4O3/c15-10-3-1-9(2-4-10)13(21)16-7-8-17-14(22)11-5-6-12(20)19-18-11/h1-6H,7-8H2,(H,16,21)(H,17,22)(H,19,20). The summed E-state index contributed by atoms with van der Waals surface area (Å²) < 4.78 is 0. The second-order valence-corrected chi connectivity index (χ2v) is 4.76. The zero-order valence-corrected chi connectivity index (χ0v) is 12.2. The SMILES string of the molecule is O=C(NCCNC(=O)c1ccc(=O)[nH]n1)c1ccc(Cl)cc1. The van der Waals surface area contributed by atoms with Crippen molar-refractivity contribution >= 4 is 23.4 Å². The van der Waals surface area contributed by atoms with Crippen LogP contribution in [-0.2, 0) is 0 Å². The van der Waals surface area contributed by atoms with Gasteiger partial charge in [-0.3, -0.25) is 14.4 Å². The first-order valence-electron chi connectivity index (χ1n) is 6.44. The van der Waals surface area contributed by atoms with Gasteiger partial charge in [-0.15, -0.1) is 0 Å². The molecule has 7 nitrogen and oxygen atoms in total. The molecule has 0 bridgehead atoms. The molecule has 8 heteroatoms. The molecule has 1 aromatic carbocycles. The molecule has 0 aliphatic rings. The lowest BCUT2D eigenvalue weighted by Gasteiger charge is -2.06. The Hall–Kier alpha value is -2.67. The van der Waals surface area contributed by atoms with E-state index in [4.69, 9.17) is 11.6 Å². The number of carbonyl (C=O) groups excluding carboxylic acids is 2. The highest BCUT2D eigenvalue weighted by Gasteiger charge is 2.07. The summed E-state index contributed by atoms with van der Waals surface area (Å²) in [6, 6.07) is 9.01. The van der Waals surface area contributed by atoms with E-state index in [2.05, 4.69) is 20.8 Å². The molecule has 0 unspecified atom stereocenters. The van der Waals surface area contributed by atoms with E-state index in [-0.39, 0.29) is 30.2 Å². The fraction of sp³-hybridized carbons (Fsp3) is 0.143. The highest BCUT2D eigenvalue weighted by molar-refractivity contribution is 6.30. The van der Waals surface area contributed by atoms with Crippen LogP contribution in [0.25, 0.3) is 0 Å². The largest absolute Gasteiger partial charge is 0.350 e. The van der Waals surface area contributed by atoms with Gasteiger partial charge in [0.25, 0.3) is 17.4 Å². The number of H-pyrrole nitrogens is 1. The van der Waals surface area contributed by atoms with Crippen LogP contribution in [0.2, 0.25) is 5.02 Å². The molecule has 2 aromatic rings. The second-order valence-electron chi connectivity index (χ2n) is 4.33. The summed E-state index contributed by atoms with van der Waals surface area (Å²) in [5.74, 6) is -0.690. The third kappa shape index (κ3) is 4.42. The van der Waals surface area contributed by atoms with Crippen LogP contribution in [0, 0.1) is 0 Å². The Morgan fingerprint density at radius 2 is 1.64 bits per heavy atom. The van der Waals surface area contributed by atoms with Crippen molar-refractivity contribution < 1.29 is 9.59 Å². The Bertz CT molecular complexity index is 707. The minimum absolute atomic E-state index is 0.101. The van der Waals surface area contributed by atoms with E-state index >= 15 is 0 Å². The molecule has 0 saturated carbocycles. The van der Waals surface area contributed by atoms with E-state index in [0.29, 0.717) is 10.6 Å². The minimum Gasteiger partial charge on any atom is -0.350 e. The van der Waals surface area contributed by atoms with Crippen LogP contribution >= 0.6 is 11.6 Å². The fourth-order valence-electron chi connectivity index (χ4n) is 1.62. The topological polar surface area (TPSA) is 104 Å². The van der Waals surface area contributed by atoms with Crippen LogP contribution in [0.5, 0.6) is 0 Å². The van der Waals surface area contributed by atoms with Crippen molar-refractivity contribution in [2.24, 2.45) is 0 Å². The molecular weight excluding hydrogens is 308 g/mol. The van der Waals surface area contributed by atoms with Crippen LogP contribution in [0.4, 0.5) is 0 Å². The number of rotatable bonds is 5. The van der Waals surface area contributed by atoms with Gasteiger partial charge in [0.1, 0.15) is 5.69 Å². The number of carbonyl (C=O) groups is 2. The van der Waals surface area contributed by atoms with Crippen molar-refractivity contribution in [3.05, 3.63) is 63.0 Å². The number of nitrogens with one attached hydrogen (secondary N) is 3. The average molecular weight is 321 g/mol. The minimum atomic E-state index is -0.433. The van der Waals surface area contributed by atoms with Crippen molar-refractivity contribution in [3.63, 3.8) is 0 Å². The second kappa shape index (κ2) is 7.37. The van der Waals surface area contributed by atoms with Gasteiger partial charge in [0.15, 0.2) is 0 Å². The van der Waals surface area contributed by atoms with Gasteiger partial charge >= 0.3 is 0 Å². The number of nitrogens with zero attached hydrogens (tertiary/aromatic N) is 1. The van der Waals surface area contributed by atoms with E-state index in [1.165, 1.54) is 12.1 Å². The molecule has 0 aliphatic heterocycles. The van der Waals surface area contributed by atoms with E-state index in [0.717, 1.165) is 0 Å². The maximum absolute atomic E-state index is 11.8. The van der Waals surface area contributed by atoms with E-state index in [9.17, 15) is 14.4 Å². The summed E-state index contributed by atoms with van der Waals surface area (Å²) in [6.45, 7) is 0.496. The predicted octanol–water partition coefficient (Wildman–Crippen LogP) is 0.583. The molecule has 0 aliphatic carbocycles. The highest BCUT2D eigenvalue weighted by atomic mass is 35.5. The van der Waals surface area contributed by atoms with Crippen LogP contribution < -0.4 is 16.2 Å². The van der Waals surface area contributed by atoms with E-state index in [1.807, 2.05) is 0 Å². The first kappa shape index (κ1) is 15.7. The number of aromatic nitrogens is 2. The molecule has 2 rings (SSSR count). The summed E-state index contributed by atoms with van der Waals surface area (Å²) in [4.78, 5) is 34.3. The number of halogens is 1. The quantitative estimate of drug-likeness (QED) is 0.701. The number of amides is 2. The Morgan fingerprint density at radius 1 is 1.00 bits per heavy atom. The molecule has 0 radical (unpaired) electrons. The third-order valence-corrected chi connectivity index (χ3v) is 2.97. The van der Waals surface area contributed by atoms with Gasteiger partial charge in [-0.25, -0.2) is 5.10 Å². The molecule has 3 N–H and O–H groups in total. The molecular formula is C14H13ClN4O3. The van der Waals surface area contributed by atoms with Gasteiger partial charge < -0.3 is 10.6 Å². The molecule has 0 saturated heterocycles. The maximum atomic E-state index is 11.8. The van der Waals surface area contributed by atoms with Crippen LogP contribution in [0.1, 0.15) is 20.8 Å². The monoisotopic (exact) mass is 320 g/mol. The molecule has 0 fully saturated rings. The third-order valence-electron chi connectivity index (χ3n) is 2.71. The summed E-state index contributed by atoms with van der Waals surface area (Å²) in [5.41, 5.74) is 0.202. The van der Waals surface area contributed by atoms with Crippen molar-refractivity contribution in [1.82, 2.24) is 20.8 Å². The lowest BCUT2D eigenvalue weighted by atomic mass is 10.2. The van der Waals surface area contributed by atoms with Crippen LogP contribution in [0.15, 0.2) is 41.2 Å². The summed E-state index contributed by atoms with van der Waals surface area (Å²) in [6.07, 6.45) is 0. The molecule has 1 aromatic heterocycles. The Labute approximate surface area is 130 Å². The summed E-state index contributed by atoms with van der Waals surface area (Å²) in [7, 11) is 0. The van der Waals surface area contributed by atoms with E-state index in [1.54, 1.807) is 24.3 Å². The summed E-state index contributed by atoms with van der Waals surface area (Å²) in [5, 5.41) is 11.6. The average Bonchev–Trinajstić information content (AvgIpc) is 2.52. The first-order chi connectivity index (χ1) is 10.6. The van der Waals surface area contributed by atoms with E-state index < -0.39 is 5.91 Å². The predicted molar refractivity (Wildman–Crippen MR) is 81.0 cm³/mol. The Morgan fingerprint density at radius 3 is 2.23 bits per heavy atom. The smallest absolute Gasteiger partial charge is 0.271 e. The van der Waals surface area contributed by atoms with Crippen molar-refractivity contribution in [2.75, 3.05) is 13.1 Å². The van der Waals surface area contributed by atoms with Gasteiger partial charge in [-0.1, -0.05) is 11.6 Å². The van der Waals surface area contributed by atoms with Gasteiger partial charge in [0.05, 0.1) is 0 Å². The van der Waals surface area contributed by atoms with Gasteiger partial charge in [0.2, 0.25) is 0 Å². The van der Waals surface area contributed by atoms with Gasteiger partial charge in [-0.05, 0) is 30.3 Å². The summed E-state index contributed by atoms with van der Waals surface area (Å²) >= 11 is 5.74. The molecule has 114 valence electrons. The zero-order valence-electron chi connectivity index (χ0n) is 11.4. The van der Waals surface area contributed by atoms with Gasteiger partial charge in [-0.2, -0.15) is 5.10 Å². The zero-order chi connectivity index (χ0) is 15.9. The molecule has 0 atom stereocenters.